The molecular formula is C7H13IO2. The fourth-order valence-electron chi connectivity index (χ4n) is 1.15. The molecule has 0 radical (unpaired) electrons. The summed E-state index contributed by atoms with van der Waals surface area (Å²) in [5.41, 5.74) is 0. The van der Waals surface area contributed by atoms with Gasteiger partial charge in [0, 0.05) is 6.61 Å². The van der Waals surface area contributed by atoms with Crippen LogP contribution in [0.3, 0.4) is 0 Å². The molecule has 1 rings (SSSR count). The Labute approximate surface area is 75.1 Å². The Kier molecular flexibility index (Phi) is 2.94. The molecule has 0 aliphatic carbocycles. The standard InChI is InChI=1S/C7H13IO2/c1-2-7(8,9)6-4-3-5-10-6/h6,9H,2-5H2,1H3/t6?,7-/m0/s1. The second kappa shape index (κ2) is 3.36. The van der Waals surface area contributed by atoms with Crippen molar-refractivity contribution in [2.45, 2.75) is 35.9 Å². The Morgan fingerprint density at radius 3 is 2.90 bits per heavy atom. The molecule has 0 amide bonds. The highest BCUT2D eigenvalue weighted by Crippen LogP contribution is 2.32. The zero-order chi connectivity index (χ0) is 7.61. The van der Waals surface area contributed by atoms with Crippen LogP contribution >= 0.6 is 22.6 Å². The van der Waals surface area contributed by atoms with Crippen LogP contribution in [0.1, 0.15) is 26.2 Å². The van der Waals surface area contributed by atoms with Gasteiger partial charge in [-0.3, -0.25) is 0 Å². The average molecular weight is 256 g/mol. The van der Waals surface area contributed by atoms with E-state index >= 15 is 0 Å². The van der Waals surface area contributed by atoms with Crippen molar-refractivity contribution in [3.8, 4) is 0 Å². The molecule has 0 aromatic heterocycles. The van der Waals surface area contributed by atoms with E-state index in [1.807, 2.05) is 6.92 Å². The van der Waals surface area contributed by atoms with Crippen LogP contribution < -0.4 is 0 Å². The van der Waals surface area contributed by atoms with Crippen molar-refractivity contribution in [3.63, 3.8) is 0 Å². The molecule has 1 saturated heterocycles. The van der Waals surface area contributed by atoms with Gasteiger partial charge in [-0.1, -0.05) is 6.92 Å². The first-order valence-electron chi connectivity index (χ1n) is 3.69. The van der Waals surface area contributed by atoms with Crippen LogP contribution in [0.2, 0.25) is 0 Å². The molecule has 0 aromatic rings. The van der Waals surface area contributed by atoms with Crippen LogP contribution in [0, 0.1) is 0 Å². The van der Waals surface area contributed by atoms with Crippen LogP contribution in [0.15, 0.2) is 0 Å². The lowest BCUT2D eigenvalue weighted by Crippen LogP contribution is -2.34. The predicted octanol–water partition coefficient (Wildman–Crippen LogP) is 1.70. The van der Waals surface area contributed by atoms with Gasteiger partial charge < -0.3 is 9.84 Å². The fourth-order valence-corrected chi connectivity index (χ4v) is 1.65. The molecule has 1 heterocycles. The van der Waals surface area contributed by atoms with E-state index < -0.39 is 3.61 Å². The van der Waals surface area contributed by atoms with Gasteiger partial charge >= 0.3 is 0 Å². The van der Waals surface area contributed by atoms with Crippen molar-refractivity contribution >= 4 is 22.6 Å². The summed E-state index contributed by atoms with van der Waals surface area (Å²) in [5, 5.41) is 9.68. The summed E-state index contributed by atoms with van der Waals surface area (Å²) in [7, 11) is 0. The van der Waals surface area contributed by atoms with Gasteiger partial charge in [0.25, 0.3) is 0 Å². The molecule has 10 heavy (non-hydrogen) atoms. The minimum absolute atomic E-state index is 0.0677. The van der Waals surface area contributed by atoms with Gasteiger partial charge in [-0.05, 0) is 41.9 Å². The molecule has 1 aliphatic rings. The van der Waals surface area contributed by atoms with Gasteiger partial charge in [-0.2, -0.15) is 0 Å². The summed E-state index contributed by atoms with van der Waals surface area (Å²) in [6.45, 7) is 2.80. The molecule has 60 valence electrons. The van der Waals surface area contributed by atoms with Gasteiger partial charge in [-0.25, -0.2) is 0 Å². The normalized spacial score (nSPS) is 32.1. The Bertz CT molecular complexity index is 108. The fraction of sp³-hybridized carbons (Fsp3) is 1.00. The second-order valence-electron chi connectivity index (χ2n) is 2.67. The molecule has 0 bridgehead atoms. The molecule has 2 atom stereocenters. The van der Waals surface area contributed by atoms with E-state index in [4.69, 9.17) is 4.74 Å². The summed E-state index contributed by atoms with van der Waals surface area (Å²) >= 11 is 2.07. The van der Waals surface area contributed by atoms with E-state index in [-0.39, 0.29) is 6.10 Å². The summed E-state index contributed by atoms with van der Waals surface area (Å²) in [6.07, 6.45) is 2.93. The molecule has 3 heteroatoms. The maximum absolute atomic E-state index is 9.68. The van der Waals surface area contributed by atoms with Crippen molar-refractivity contribution in [1.29, 1.82) is 0 Å². The lowest BCUT2D eigenvalue weighted by molar-refractivity contribution is -0.0141. The zero-order valence-corrected chi connectivity index (χ0v) is 8.30. The molecule has 0 spiro atoms. The van der Waals surface area contributed by atoms with Gasteiger partial charge in [-0.15, -0.1) is 0 Å². The highest BCUT2D eigenvalue weighted by Gasteiger charge is 2.34. The minimum atomic E-state index is -0.631. The maximum Gasteiger partial charge on any atom is 0.141 e. The maximum atomic E-state index is 9.68. The van der Waals surface area contributed by atoms with Gasteiger partial charge in [0.05, 0.1) is 6.10 Å². The average Bonchev–Trinajstić information content (AvgIpc) is 2.38. The number of rotatable bonds is 2. The molecule has 1 unspecified atom stereocenters. The van der Waals surface area contributed by atoms with Crippen LogP contribution in [0.5, 0.6) is 0 Å². The monoisotopic (exact) mass is 256 g/mol. The number of hydrogen-bond donors (Lipinski definition) is 1. The number of aliphatic hydroxyl groups is 1. The van der Waals surface area contributed by atoms with Crippen molar-refractivity contribution in [2.75, 3.05) is 6.61 Å². The first kappa shape index (κ1) is 8.74. The largest absolute Gasteiger partial charge is 0.377 e. The van der Waals surface area contributed by atoms with Crippen molar-refractivity contribution in [3.05, 3.63) is 0 Å². The van der Waals surface area contributed by atoms with Crippen LogP contribution in [-0.2, 0) is 4.74 Å². The molecule has 1 N–H and O–H groups in total. The quantitative estimate of drug-likeness (QED) is 0.602. The third-order valence-electron chi connectivity index (χ3n) is 1.92. The number of hydrogen-bond acceptors (Lipinski definition) is 2. The topological polar surface area (TPSA) is 29.5 Å². The van der Waals surface area contributed by atoms with Crippen molar-refractivity contribution in [2.24, 2.45) is 0 Å². The molecule has 0 saturated carbocycles. The second-order valence-corrected chi connectivity index (χ2v) is 4.54. The molecule has 1 aliphatic heterocycles. The molecule has 2 nitrogen and oxygen atoms in total. The van der Waals surface area contributed by atoms with Crippen LogP contribution in [0.4, 0.5) is 0 Å². The number of alkyl halides is 1. The van der Waals surface area contributed by atoms with E-state index in [0.29, 0.717) is 0 Å². The van der Waals surface area contributed by atoms with Gasteiger partial charge in [0.2, 0.25) is 0 Å². The third-order valence-corrected chi connectivity index (χ3v) is 3.38. The lowest BCUT2D eigenvalue weighted by atomic mass is 10.1. The zero-order valence-electron chi connectivity index (χ0n) is 6.14. The predicted molar refractivity (Wildman–Crippen MR) is 48.2 cm³/mol. The van der Waals surface area contributed by atoms with Gasteiger partial charge in [0.15, 0.2) is 0 Å². The Balaban J connectivity index is 2.45. The third kappa shape index (κ3) is 1.83. The SMILES string of the molecule is CC[C@@](O)(I)C1CCCO1. The number of ether oxygens (including phenoxy) is 1. The minimum Gasteiger partial charge on any atom is -0.377 e. The van der Waals surface area contributed by atoms with E-state index in [0.717, 1.165) is 25.9 Å². The Hall–Kier alpha value is 0.650. The lowest BCUT2D eigenvalue weighted by Gasteiger charge is -2.25. The van der Waals surface area contributed by atoms with E-state index in [9.17, 15) is 5.11 Å². The first-order valence-corrected chi connectivity index (χ1v) is 4.77. The molecule has 1 fully saturated rings. The summed E-state index contributed by atoms with van der Waals surface area (Å²) in [4.78, 5) is 0. The van der Waals surface area contributed by atoms with Crippen LogP contribution in [0.25, 0.3) is 0 Å². The highest BCUT2D eigenvalue weighted by atomic mass is 127. The summed E-state index contributed by atoms with van der Waals surface area (Å²) in [6, 6.07) is 0. The van der Waals surface area contributed by atoms with Crippen molar-refractivity contribution in [1.82, 2.24) is 0 Å². The van der Waals surface area contributed by atoms with Gasteiger partial charge in [0.1, 0.15) is 3.61 Å². The molecular weight excluding hydrogens is 243 g/mol. The van der Waals surface area contributed by atoms with E-state index in [1.54, 1.807) is 0 Å². The van der Waals surface area contributed by atoms with E-state index in [1.165, 1.54) is 0 Å². The Morgan fingerprint density at radius 2 is 2.50 bits per heavy atom. The highest BCUT2D eigenvalue weighted by molar-refractivity contribution is 14.1. The first-order chi connectivity index (χ1) is 4.67. The smallest absolute Gasteiger partial charge is 0.141 e. The van der Waals surface area contributed by atoms with E-state index in [2.05, 4.69) is 22.6 Å². The summed E-state index contributed by atoms with van der Waals surface area (Å²) in [5.74, 6) is 0. The Morgan fingerprint density at radius 1 is 1.80 bits per heavy atom. The number of halogens is 1. The molecule has 0 aromatic carbocycles. The van der Waals surface area contributed by atoms with Crippen molar-refractivity contribution < 1.29 is 9.84 Å². The van der Waals surface area contributed by atoms with Crippen LogP contribution in [-0.4, -0.2) is 21.4 Å². The summed E-state index contributed by atoms with van der Waals surface area (Å²) < 4.78 is 4.72.